The molecule has 2 unspecified atom stereocenters. The van der Waals surface area contributed by atoms with Gasteiger partial charge in [0.05, 0.1) is 46.0 Å². The summed E-state index contributed by atoms with van der Waals surface area (Å²) in [4.78, 5) is 50.8. The number of carbonyl (C=O) groups excluding carboxylic acids is 3. The zero-order valence-electron chi connectivity index (χ0n) is 21.8. The van der Waals surface area contributed by atoms with E-state index in [2.05, 4.69) is 9.97 Å². The summed E-state index contributed by atoms with van der Waals surface area (Å²) in [6, 6.07) is 4.08. The molecule has 1 aliphatic carbocycles. The van der Waals surface area contributed by atoms with Crippen molar-refractivity contribution in [3.8, 4) is 11.3 Å². The van der Waals surface area contributed by atoms with Gasteiger partial charge in [-0.3, -0.25) is 24.3 Å². The van der Waals surface area contributed by atoms with E-state index >= 15 is 0 Å². The average molecular weight is 595 g/mol. The fourth-order valence-electron chi connectivity index (χ4n) is 5.93. The predicted octanol–water partition coefficient (Wildman–Crippen LogP) is 4.46. The molecule has 1 N–H and O–H groups in total. The van der Waals surface area contributed by atoms with Gasteiger partial charge in [0.2, 0.25) is 11.8 Å². The first-order chi connectivity index (χ1) is 18.3. The summed E-state index contributed by atoms with van der Waals surface area (Å²) in [5.41, 5.74) is -0.653. The second-order valence-electron chi connectivity index (χ2n) is 11.1. The fourth-order valence-corrected chi connectivity index (χ4v) is 7.05. The van der Waals surface area contributed by atoms with Crippen molar-refractivity contribution in [2.75, 3.05) is 13.1 Å². The van der Waals surface area contributed by atoms with E-state index in [1.807, 2.05) is 13.8 Å². The summed E-state index contributed by atoms with van der Waals surface area (Å²) in [5.74, 6) is -1.56. The number of aliphatic hydroxyl groups is 1. The van der Waals surface area contributed by atoms with Crippen molar-refractivity contribution in [1.82, 2.24) is 19.8 Å². The molecule has 2 saturated heterocycles. The molecular formula is C27H26ClF3N4O4S. The summed E-state index contributed by atoms with van der Waals surface area (Å²) < 4.78 is 41.9. The number of pyridine rings is 2. The molecule has 6 rings (SSSR count). The van der Waals surface area contributed by atoms with Gasteiger partial charge in [-0.15, -0.1) is 23.7 Å². The molecule has 3 atom stereocenters. The van der Waals surface area contributed by atoms with Gasteiger partial charge in [0.15, 0.2) is 0 Å². The van der Waals surface area contributed by atoms with E-state index in [1.165, 1.54) is 40.3 Å². The second-order valence-corrected chi connectivity index (χ2v) is 12.2. The average Bonchev–Trinajstić information content (AvgIpc) is 3.24. The van der Waals surface area contributed by atoms with Crippen LogP contribution in [0.1, 0.15) is 46.8 Å². The summed E-state index contributed by atoms with van der Waals surface area (Å²) >= 11 is 1.20. The Hall–Kier alpha value is -3.09. The van der Waals surface area contributed by atoms with Crippen molar-refractivity contribution in [3.05, 3.63) is 46.1 Å². The largest absolute Gasteiger partial charge is 0.433 e. The minimum absolute atomic E-state index is 0. The summed E-state index contributed by atoms with van der Waals surface area (Å²) in [5, 5.41) is 9.93. The van der Waals surface area contributed by atoms with Crippen LogP contribution in [-0.2, 0) is 22.3 Å². The number of piperidine rings is 1. The summed E-state index contributed by atoms with van der Waals surface area (Å²) in [6.07, 6.45) is -3.61. The number of likely N-dealkylation sites (tertiary alicyclic amines) is 2. The Morgan fingerprint density at radius 3 is 2.48 bits per heavy atom. The predicted molar refractivity (Wildman–Crippen MR) is 143 cm³/mol. The number of hydrogen-bond acceptors (Lipinski definition) is 7. The number of alkyl halides is 3. The first-order valence-corrected chi connectivity index (χ1v) is 13.4. The number of β-amino-alcohol motifs (C(OH)–C–C–N with tert-alkyl or cyclic N) is 1. The van der Waals surface area contributed by atoms with Crippen LogP contribution in [-0.4, -0.2) is 61.8 Å². The molecule has 3 aromatic rings. The van der Waals surface area contributed by atoms with E-state index in [1.54, 1.807) is 6.07 Å². The third kappa shape index (κ3) is 4.36. The van der Waals surface area contributed by atoms with Gasteiger partial charge in [0.1, 0.15) is 5.69 Å². The lowest BCUT2D eigenvalue weighted by molar-refractivity contribution is -0.144. The van der Waals surface area contributed by atoms with Crippen LogP contribution in [0.4, 0.5) is 13.2 Å². The zero-order valence-corrected chi connectivity index (χ0v) is 23.4. The normalized spacial score (nSPS) is 23.5. The number of fused-ring (bicyclic) bond motifs is 2. The molecule has 0 bridgehead atoms. The number of thiophene rings is 1. The van der Waals surface area contributed by atoms with E-state index in [-0.39, 0.29) is 77.9 Å². The molecular weight excluding hydrogens is 569 g/mol. The molecule has 212 valence electrons. The topological polar surface area (TPSA) is 104 Å². The van der Waals surface area contributed by atoms with Crippen LogP contribution < -0.4 is 0 Å². The maximum absolute atomic E-state index is 13.8. The van der Waals surface area contributed by atoms with Gasteiger partial charge in [-0.2, -0.15) is 13.2 Å². The molecule has 13 heteroatoms. The van der Waals surface area contributed by atoms with Crippen molar-refractivity contribution >= 4 is 51.7 Å². The number of aryl methyl sites for hydroxylation is 1. The zero-order chi connectivity index (χ0) is 28.0. The maximum atomic E-state index is 13.8. The number of amides is 3. The minimum Gasteiger partial charge on any atom is -0.391 e. The highest BCUT2D eigenvalue weighted by Gasteiger charge is 2.72. The third-order valence-electron chi connectivity index (χ3n) is 8.10. The number of aromatic nitrogens is 2. The van der Waals surface area contributed by atoms with Crippen LogP contribution in [0.3, 0.4) is 0 Å². The Bertz CT molecular complexity index is 1550. The molecule has 2 aliphatic heterocycles. The SMILES string of the molecule is Cc1cc(C(F)(F)F)nc(-c2ccnc3cc(CN4C(=O)C5C(C4=O)C5(C)C)sc23)c1C(=O)N1CC[C@H](O)C1.Cl. The number of imide groups is 1. The molecule has 40 heavy (non-hydrogen) atoms. The Morgan fingerprint density at radius 2 is 1.88 bits per heavy atom. The van der Waals surface area contributed by atoms with E-state index in [0.717, 1.165) is 6.07 Å². The molecule has 3 amide bonds. The smallest absolute Gasteiger partial charge is 0.391 e. The van der Waals surface area contributed by atoms with Crippen LogP contribution >= 0.6 is 23.7 Å². The highest BCUT2D eigenvalue weighted by molar-refractivity contribution is 7.19. The van der Waals surface area contributed by atoms with Crippen molar-refractivity contribution in [3.63, 3.8) is 0 Å². The van der Waals surface area contributed by atoms with Crippen molar-refractivity contribution in [2.45, 2.75) is 46.0 Å². The third-order valence-corrected chi connectivity index (χ3v) is 9.24. The number of nitrogens with zero attached hydrogens (tertiary/aromatic N) is 4. The lowest BCUT2D eigenvalue weighted by atomic mass is 9.99. The highest BCUT2D eigenvalue weighted by Crippen LogP contribution is 2.63. The number of rotatable bonds is 4. The van der Waals surface area contributed by atoms with E-state index in [4.69, 9.17) is 0 Å². The standard InChI is InChI=1S/C27H25F3N4O4S.ClH/c1-12-8-17(27(28,29)30)32-21(18(12)23(36)33-7-5-13(35)10-33)15-4-6-31-16-9-14(39-22(15)16)11-34-24(37)19-20(25(34)38)26(19,2)3;/h4,6,8-9,13,19-20,35H,5,7,10-11H2,1-3H3;1H/t13-,19?,20?;/m0./s1. The van der Waals surface area contributed by atoms with Gasteiger partial charge in [-0.05, 0) is 42.5 Å². The first-order valence-electron chi connectivity index (χ1n) is 12.6. The fraction of sp³-hybridized carbons (Fsp3) is 0.444. The van der Waals surface area contributed by atoms with E-state index in [0.29, 0.717) is 27.1 Å². The van der Waals surface area contributed by atoms with Crippen molar-refractivity contribution < 1.29 is 32.7 Å². The molecule has 3 aliphatic rings. The van der Waals surface area contributed by atoms with Crippen LogP contribution in [0.25, 0.3) is 21.5 Å². The van der Waals surface area contributed by atoms with Gasteiger partial charge >= 0.3 is 6.18 Å². The number of carbonyl (C=O) groups is 3. The van der Waals surface area contributed by atoms with E-state index < -0.39 is 23.9 Å². The van der Waals surface area contributed by atoms with Crippen molar-refractivity contribution in [2.24, 2.45) is 17.3 Å². The lowest BCUT2D eigenvalue weighted by Crippen LogP contribution is -2.35. The Labute approximate surface area is 237 Å². The van der Waals surface area contributed by atoms with Gasteiger partial charge in [0, 0.05) is 29.7 Å². The molecule has 0 spiro atoms. The van der Waals surface area contributed by atoms with E-state index in [9.17, 15) is 32.7 Å². The molecule has 8 nitrogen and oxygen atoms in total. The maximum Gasteiger partial charge on any atom is 0.433 e. The Balaban J connectivity index is 0.00000323. The Kier molecular flexibility index (Phi) is 6.75. The first kappa shape index (κ1) is 28.4. The number of hydrogen-bond donors (Lipinski definition) is 1. The van der Waals surface area contributed by atoms with Gasteiger partial charge in [-0.1, -0.05) is 13.8 Å². The lowest BCUT2D eigenvalue weighted by Gasteiger charge is -2.21. The molecule has 0 radical (unpaired) electrons. The van der Waals surface area contributed by atoms with Crippen LogP contribution in [0.5, 0.6) is 0 Å². The van der Waals surface area contributed by atoms with Crippen LogP contribution in [0, 0.1) is 24.2 Å². The molecule has 0 aromatic carbocycles. The van der Waals surface area contributed by atoms with Gasteiger partial charge < -0.3 is 10.0 Å². The molecule has 1 saturated carbocycles. The van der Waals surface area contributed by atoms with Crippen LogP contribution in [0.2, 0.25) is 0 Å². The van der Waals surface area contributed by atoms with Gasteiger partial charge in [0.25, 0.3) is 5.91 Å². The summed E-state index contributed by atoms with van der Waals surface area (Å²) in [7, 11) is 0. The molecule has 3 aromatic heterocycles. The quantitative estimate of drug-likeness (QED) is 0.448. The van der Waals surface area contributed by atoms with Crippen molar-refractivity contribution in [1.29, 1.82) is 0 Å². The molecule has 3 fully saturated rings. The summed E-state index contributed by atoms with van der Waals surface area (Å²) in [6.45, 7) is 5.66. The van der Waals surface area contributed by atoms with Crippen LogP contribution in [0.15, 0.2) is 24.4 Å². The molecule has 5 heterocycles. The van der Waals surface area contributed by atoms with Gasteiger partial charge in [-0.25, -0.2) is 4.98 Å². The second kappa shape index (κ2) is 9.49. The Morgan fingerprint density at radius 1 is 1.20 bits per heavy atom. The monoisotopic (exact) mass is 594 g/mol. The number of halogens is 4. The number of aliphatic hydroxyl groups excluding tert-OH is 1. The minimum atomic E-state index is -4.73. The highest BCUT2D eigenvalue weighted by atomic mass is 35.5.